The Bertz CT molecular complexity index is 6250. The second-order valence-electron chi connectivity index (χ2n) is 29.5. The van der Waals surface area contributed by atoms with Gasteiger partial charge in [-0.25, -0.2) is 15.0 Å². The highest BCUT2D eigenvalue weighted by Gasteiger charge is 2.30. The van der Waals surface area contributed by atoms with Crippen LogP contribution in [-0.4, -0.2) is 30.6 Å². The zero-order chi connectivity index (χ0) is 72.3. The van der Waals surface area contributed by atoms with Crippen LogP contribution in [0, 0.1) is 88.0 Å². The number of hydrogen-bond acceptors (Lipinski definition) is 5. The molecular formula is C97H80N6S2. The molecule has 0 saturated heterocycles. The minimum absolute atomic E-state index is 0.323. The molecule has 0 saturated carbocycles. The summed E-state index contributed by atoms with van der Waals surface area (Å²) in [4.78, 5) is 31.5. The van der Waals surface area contributed by atoms with Crippen LogP contribution in [0.3, 0.4) is 0 Å². The fourth-order valence-electron chi connectivity index (χ4n) is 16.4. The van der Waals surface area contributed by atoms with Gasteiger partial charge in [0.15, 0.2) is 0 Å². The SMILES string of the molecule is Cc1ccc(/C2=C3\C=CC(=N3)/C(c3ccc(C)cc3)=c3/cc/c(s3)=C(\c3ccc(C#Cc4ccc(-c5c6nc(c(-c7c(C)cc(C)cc7C)c7ccc([nH]7)c(-c7c(C)cc(C)cc7C)c7nc(c(-c8c(C)cc(C)cc8C)c8ccc5[nH]8)C=C7)C=C6)cc4)cc3)c3ccc([nH]3)C(C)(C)c3ccc2s3)cc1. The van der Waals surface area contributed by atoms with Crippen molar-refractivity contribution in [2.75, 3.05) is 0 Å². The first kappa shape index (κ1) is 66.5. The van der Waals surface area contributed by atoms with E-state index >= 15 is 0 Å². The maximum atomic E-state index is 5.72. The summed E-state index contributed by atoms with van der Waals surface area (Å²) in [6, 6.07) is 71.6. The van der Waals surface area contributed by atoms with Crippen molar-refractivity contribution in [3.05, 3.63) is 354 Å². The zero-order valence-electron chi connectivity index (χ0n) is 61.6. The summed E-state index contributed by atoms with van der Waals surface area (Å²) >= 11 is 3.65. The zero-order valence-corrected chi connectivity index (χ0v) is 63.2. The first-order chi connectivity index (χ1) is 50.7. The summed E-state index contributed by atoms with van der Waals surface area (Å²) in [5, 5.41) is 0. The van der Waals surface area contributed by atoms with E-state index in [1.165, 1.54) is 87.6 Å². The smallest absolute Gasteiger partial charge is 0.0737 e. The van der Waals surface area contributed by atoms with E-state index in [0.29, 0.717) is 0 Å². The molecule has 4 aliphatic rings. The Labute approximate surface area is 622 Å². The molecule has 0 radical (unpaired) electrons. The maximum Gasteiger partial charge on any atom is 0.0737 e. The third-order valence-corrected chi connectivity index (χ3v) is 23.8. The van der Waals surface area contributed by atoms with Crippen molar-refractivity contribution in [2.24, 2.45) is 4.99 Å². The van der Waals surface area contributed by atoms with Gasteiger partial charge in [-0.1, -0.05) is 149 Å². The van der Waals surface area contributed by atoms with Crippen molar-refractivity contribution >= 4 is 91.5 Å². The average Bonchev–Trinajstić information content (AvgIpc) is 1.61. The van der Waals surface area contributed by atoms with E-state index in [2.05, 4.69) is 347 Å². The molecule has 0 atom stereocenters. The highest BCUT2D eigenvalue weighted by molar-refractivity contribution is 7.13. The molecular weight excluding hydrogens is 1310 g/mol. The van der Waals surface area contributed by atoms with Gasteiger partial charge in [-0.15, -0.1) is 22.7 Å². The van der Waals surface area contributed by atoms with Crippen LogP contribution in [0.4, 0.5) is 0 Å². The number of fused-ring (bicyclic) bond motifs is 15. The number of allylic oxidation sites excluding steroid dienone is 2. The van der Waals surface area contributed by atoms with Gasteiger partial charge in [0.2, 0.25) is 0 Å². The van der Waals surface area contributed by atoms with Crippen LogP contribution in [0.2, 0.25) is 0 Å². The van der Waals surface area contributed by atoms with Gasteiger partial charge >= 0.3 is 0 Å². The minimum atomic E-state index is -0.323. The van der Waals surface area contributed by atoms with E-state index in [1.807, 2.05) is 11.3 Å². The van der Waals surface area contributed by atoms with Crippen molar-refractivity contribution in [3.63, 3.8) is 0 Å². The highest BCUT2D eigenvalue weighted by Crippen LogP contribution is 2.45. The Hall–Kier alpha value is -11.7. The van der Waals surface area contributed by atoms with Crippen LogP contribution in [-0.2, 0) is 5.41 Å². The quantitative estimate of drug-likeness (QED) is 0.139. The second-order valence-corrected chi connectivity index (χ2v) is 31.7. The molecule has 0 spiro atoms. The number of aromatic nitrogens is 5. The molecule has 13 aromatic rings. The van der Waals surface area contributed by atoms with Gasteiger partial charge < -0.3 is 15.0 Å². The number of hydrogen-bond donors (Lipinski definition) is 3. The largest absolute Gasteiger partial charge is 0.358 e. The van der Waals surface area contributed by atoms with E-state index in [4.69, 9.17) is 15.0 Å². The van der Waals surface area contributed by atoms with Gasteiger partial charge in [-0.3, -0.25) is 0 Å². The molecule has 510 valence electrons. The van der Waals surface area contributed by atoms with E-state index in [0.717, 1.165) is 149 Å². The molecule has 0 amide bonds. The number of nitrogens with one attached hydrogen (secondary N) is 3. The average molecular weight is 1390 g/mol. The molecule has 6 aromatic heterocycles. The molecule has 16 bridgehead atoms. The second kappa shape index (κ2) is 26.2. The van der Waals surface area contributed by atoms with Crippen LogP contribution in [0.15, 0.2) is 217 Å². The van der Waals surface area contributed by atoms with Gasteiger partial charge in [0.1, 0.15) is 0 Å². The standard InChI is InChI=1S/C97H80N6S2/c1-54-14-24-68(25-15-54)91-73-34-35-74(100-73)92(69-26-16-55(2)17-27-69)84-45-47-86(105-84)97(12,13)85-46-42-75(103-85)93(83-44-43-82(91)104-83)70-30-22-66(23-31-70)19-18-65-20-28-67(29-21-65)90-71-32-36-76(98-71)94(87-59(6)48-56(3)49-60(87)7)78-38-40-80(101-78)96(89-63(10)52-58(5)53-64(89)11)81-41-39-79(102-81)95(77-37-33-72(90)99-77)88-61(8)50-57(4)51-62(88)9/h14-17,20-53,98,102-103H,1-13H3/b90-71?,90-72?,91-82-,92-74-,93-83-,94-76?,94-78?,95-77?,95-79?,96-80?,96-81?. The van der Waals surface area contributed by atoms with Crippen molar-refractivity contribution in [1.29, 1.82) is 0 Å². The Morgan fingerprint density at radius 1 is 0.324 bits per heavy atom. The number of aromatic amines is 3. The van der Waals surface area contributed by atoms with Crippen LogP contribution >= 0.6 is 22.7 Å². The van der Waals surface area contributed by atoms with Crippen LogP contribution in [0.1, 0.15) is 147 Å². The van der Waals surface area contributed by atoms with Crippen molar-refractivity contribution in [2.45, 2.75) is 95.4 Å². The Morgan fingerprint density at radius 3 is 1.19 bits per heavy atom. The lowest BCUT2D eigenvalue weighted by molar-refractivity contribution is 0.635. The highest BCUT2D eigenvalue weighted by atomic mass is 32.1. The number of thiophene rings is 2. The molecule has 6 nitrogen and oxygen atoms in total. The maximum absolute atomic E-state index is 5.72. The van der Waals surface area contributed by atoms with Crippen molar-refractivity contribution in [1.82, 2.24) is 24.9 Å². The number of rotatable bonds is 7. The van der Waals surface area contributed by atoms with Gasteiger partial charge in [-0.05, 0) is 284 Å². The lowest BCUT2D eigenvalue weighted by Crippen LogP contribution is -2.18. The van der Waals surface area contributed by atoms with E-state index in [9.17, 15) is 0 Å². The first-order valence-corrected chi connectivity index (χ1v) is 37.8. The number of nitrogens with zero attached hydrogens (tertiary/aromatic N) is 3. The predicted octanol–water partition coefficient (Wildman–Crippen LogP) is 23.1. The first-order valence-electron chi connectivity index (χ1n) is 36.2. The number of benzene rings is 7. The van der Waals surface area contributed by atoms with Crippen LogP contribution < -0.4 is 9.06 Å². The third kappa shape index (κ3) is 12.1. The molecule has 0 aliphatic carbocycles. The summed E-state index contributed by atoms with van der Waals surface area (Å²) < 4.78 is 2.30. The number of aliphatic imine (C=N–C) groups is 1. The van der Waals surface area contributed by atoms with Crippen LogP contribution in [0.25, 0.3) is 108 Å². The van der Waals surface area contributed by atoms with Gasteiger partial charge in [0, 0.05) is 108 Å². The lowest BCUT2D eigenvalue weighted by Gasteiger charge is -2.22. The normalized spacial score (nSPS) is 15.3. The summed E-state index contributed by atoms with van der Waals surface area (Å²) in [6.45, 7) is 28.8. The molecule has 0 unspecified atom stereocenters. The van der Waals surface area contributed by atoms with Crippen molar-refractivity contribution in [3.8, 4) is 56.3 Å². The van der Waals surface area contributed by atoms with Crippen LogP contribution in [0.5, 0.6) is 0 Å². The number of aryl methyl sites for hydroxylation is 11. The van der Waals surface area contributed by atoms with E-state index in [-0.39, 0.29) is 5.41 Å². The Kier molecular flexibility index (Phi) is 16.6. The van der Waals surface area contributed by atoms with Gasteiger partial charge in [-0.2, -0.15) is 0 Å². The molecule has 7 aromatic carbocycles. The lowest BCUT2D eigenvalue weighted by atomic mass is 9.88. The fourth-order valence-corrected chi connectivity index (χ4v) is 18.8. The van der Waals surface area contributed by atoms with Gasteiger partial charge in [0.25, 0.3) is 0 Å². The Morgan fingerprint density at radius 2 is 0.724 bits per heavy atom. The van der Waals surface area contributed by atoms with Gasteiger partial charge in [0.05, 0.1) is 34.2 Å². The minimum Gasteiger partial charge on any atom is -0.358 e. The molecule has 0 fully saturated rings. The predicted molar refractivity (Wildman–Crippen MR) is 446 cm³/mol. The van der Waals surface area contributed by atoms with E-state index in [1.54, 1.807) is 11.3 Å². The molecule has 105 heavy (non-hydrogen) atoms. The molecule has 8 heteroatoms. The fraction of sp³-hybridized carbons (Fsp3) is 0.144. The van der Waals surface area contributed by atoms with Crippen molar-refractivity contribution < 1.29 is 0 Å². The molecule has 10 heterocycles. The Balaban J connectivity index is 0.800. The molecule has 4 aliphatic heterocycles. The third-order valence-electron chi connectivity index (χ3n) is 21.3. The molecule has 3 N–H and O–H groups in total. The number of H-pyrrole nitrogens is 3. The summed E-state index contributed by atoms with van der Waals surface area (Å²) in [5.74, 6) is 7.13. The van der Waals surface area contributed by atoms with E-state index < -0.39 is 0 Å². The summed E-state index contributed by atoms with van der Waals surface area (Å²) in [7, 11) is 0. The summed E-state index contributed by atoms with van der Waals surface area (Å²) in [6.07, 6.45) is 13.2. The summed E-state index contributed by atoms with van der Waals surface area (Å²) in [5.41, 5.74) is 41.8. The topological polar surface area (TPSA) is 85.5 Å². The monoisotopic (exact) mass is 1390 g/mol. The molecule has 17 rings (SSSR count).